The SMILES string of the molecule is Cc1ccc(C(=O)O)c(-c2cccc3ccccc23)c1C(=O)O. The number of benzene rings is 3. The summed E-state index contributed by atoms with van der Waals surface area (Å²) in [5.74, 6) is -2.27. The van der Waals surface area contributed by atoms with Crippen LogP contribution >= 0.6 is 0 Å². The highest BCUT2D eigenvalue weighted by Gasteiger charge is 2.23. The van der Waals surface area contributed by atoms with Gasteiger partial charge in [0.05, 0.1) is 11.1 Å². The zero-order valence-electron chi connectivity index (χ0n) is 12.4. The maximum absolute atomic E-state index is 11.7. The van der Waals surface area contributed by atoms with E-state index in [-0.39, 0.29) is 16.7 Å². The zero-order chi connectivity index (χ0) is 16.6. The predicted molar refractivity (Wildman–Crippen MR) is 88.0 cm³/mol. The van der Waals surface area contributed by atoms with Crippen LogP contribution in [0, 0.1) is 6.92 Å². The standard InChI is InChI=1S/C19H14O4/c1-11-9-10-15(18(20)21)17(16(11)19(22)23)14-8-4-6-12-5-2-3-7-13(12)14/h2-10H,1H3,(H,20,21)(H,22,23). The molecular weight excluding hydrogens is 292 g/mol. The Morgan fingerprint density at radius 2 is 1.52 bits per heavy atom. The number of carbonyl (C=O) groups is 2. The third-order valence-electron chi connectivity index (χ3n) is 3.92. The Hall–Kier alpha value is -3.14. The molecule has 0 saturated carbocycles. The van der Waals surface area contributed by atoms with Gasteiger partial charge >= 0.3 is 11.9 Å². The van der Waals surface area contributed by atoms with Crippen molar-refractivity contribution in [3.63, 3.8) is 0 Å². The quantitative estimate of drug-likeness (QED) is 0.760. The molecule has 0 unspecified atom stereocenters. The first kappa shape index (κ1) is 14.8. The van der Waals surface area contributed by atoms with E-state index in [9.17, 15) is 19.8 Å². The van der Waals surface area contributed by atoms with E-state index in [4.69, 9.17) is 0 Å². The van der Waals surface area contributed by atoms with Gasteiger partial charge in [-0.05, 0) is 34.9 Å². The van der Waals surface area contributed by atoms with Gasteiger partial charge in [0.1, 0.15) is 0 Å². The van der Waals surface area contributed by atoms with Crippen LogP contribution in [0.1, 0.15) is 26.3 Å². The lowest BCUT2D eigenvalue weighted by molar-refractivity contribution is 0.0695. The maximum atomic E-state index is 11.7. The first-order valence-corrected chi connectivity index (χ1v) is 7.09. The van der Waals surface area contributed by atoms with Gasteiger partial charge in [-0.25, -0.2) is 9.59 Å². The van der Waals surface area contributed by atoms with Gasteiger partial charge < -0.3 is 10.2 Å². The Labute approximate surface area is 132 Å². The van der Waals surface area contributed by atoms with Crippen molar-refractivity contribution >= 4 is 22.7 Å². The second kappa shape index (κ2) is 5.57. The zero-order valence-corrected chi connectivity index (χ0v) is 12.4. The number of rotatable bonds is 3. The van der Waals surface area contributed by atoms with Crippen molar-refractivity contribution in [2.75, 3.05) is 0 Å². The van der Waals surface area contributed by atoms with Crippen LogP contribution in [0.15, 0.2) is 54.6 Å². The van der Waals surface area contributed by atoms with Gasteiger partial charge in [0.2, 0.25) is 0 Å². The number of aromatic carboxylic acids is 2. The van der Waals surface area contributed by atoms with Gasteiger partial charge in [-0.1, -0.05) is 48.5 Å². The van der Waals surface area contributed by atoms with Crippen LogP contribution in [0.5, 0.6) is 0 Å². The molecule has 0 spiro atoms. The highest BCUT2D eigenvalue weighted by Crippen LogP contribution is 2.35. The highest BCUT2D eigenvalue weighted by molar-refractivity contribution is 6.10. The van der Waals surface area contributed by atoms with Crippen molar-refractivity contribution < 1.29 is 19.8 Å². The van der Waals surface area contributed by atoms with E-state index >= 15 is 0 Å². The van der Waals surface area contributed by atoms with Crippen molar-refractivity contribution in [3.05, 3.63) is 71.3 Å². The molecule has 0 bridgehead atoms. The molecule has 0 aromatic heterocycles. The maximum Gasteiger partial charge on any atom is 0.336 e. The molecule has 3 aromatic rings. The fourth-order valence-corrected chi connectivity index (χ4v) is 2.88. The van der Waals surface area contributed by atoms with E-state index in [1.807, 2.05) is 30.3 Å². The summed E-state index contributed by atoms with van der Waals surface area (Å²) in [7, 11) is 0. The summed E-state index contributed by atoms with van der Waals surface area (Å²) in [5.41, 5.74) is 1.42. The number of carboxylic acids is 2. The topological polar surface area (TPSA) is 74.6 Å². The van der Waals surface area contributed by atoms with Gasteiger partial charge in [-0.2, -0.15) is 0 Å². The monoisotopic (exact) mass is 306 g/mol. The van der Waals surface area contributed by atoms with E-state index < -0.39 is 11.9 Å². The molecule has 0 amide bonds. The predicted octanol–water partition coefficient (Wildman–Crippen LogP) is 4.21. The van der Waals surface area contributed by atoms with Gasteiger partial charge in [-0.15, -0.1) is 0 Å². The van der Waals surface area contributed by atoms with E-state index in [0.717, 1.165) is 10.8 Å². The van der Waals surface area contributed by atoms with Crippen molar-refractivity contribution in [1.82, 2.24) is 0 Å². The number of carboxylic acid groups (broad SMARTS) is 2. The average Bonchev–Trinajstić information content (AvgIpc) is 2.53. The van der Waals surface area contributed by atoms with Crippen molar-refractivity contribution in [2.45, 2.75) is 6.92 Å². The van der Waals surface area contributed by atoms with Crippen LogP contribution in [0.4, 0.5) is 0 Å². The third-order valence-corrected chi connectivity index (χ3v) is 3.92. The molecule has 23 heavy (non-hydrogen) atoms. The van der Waals surface area contributed by atoms with E-state index in [2.05, 4.69) is 0 Å². The van der Waals surface area contributed by atoms with Crippen molar-refractivity contribution in [3.8, 4) is 11.1 Å². The normalized spacial score (nSPS) is 10.7. The Bertz CT molecular complexity index is 936. The lowest BCUT2D eigenvalue weighted by Gasteiger charge is -2.15. The molecule has 0 aliphatic rings. The second-order valence-corrected chi connectivity index (χ2v) is 5.32. The summed E-state index contributed by atoms with van der Waals surface area (Å²) < 4.78 is 0. The minimum absolute atomic E-state index is 0.00986. The molecule has 0 heterocycles. The molecule has 2 N–H and O–H groups in total. The molecule has 0 aliphatic heterocycles. The lowest BCUT2D eigenvalue weighted by atomic mass is 9.88. The van der Waals surface area contributed by atoms with E-state index in [1.54, 1.807) is 19.1 Å². The summed E-state index contributed by atoms with van der Waals surface area (Å²) in [4.78, 5) is 23.4. The molecule has 0 aliphatic carbocycles. The largest absolute Gasteiger partial charge is 0.478 e. The Morgan fingerprint density at radius 1 is 0.826 bits per heavy atom. The smallest absolute Gasteiger partial charge is 0.336 e. The summed E-state index contributed by atoms with van der Waals surface area (Å²) in [6, 6.07) is 16.0. The summed E-state index contributed by atoms with van der Waals surface area (Å²) >= 11 is 0. The van der Waals surface area contributed by atoms with Gasteiger partial charge in [0.15, 0.2) is 0 Å². The van der Waals surface area contributed by atoms with Crippen LogP contribution < -0.4 is 0 Å². The summed E-state index contributed by atoms with van der Waals surface area (Å²) in [5, 5.41) is 20.9. The fraction of sp³-hybridized carbons (Fsp3) is 0.0526. The molecular formula is C19H14O4. The van der Waals surface area contributed by atoms with Gasteiger partial charge in [0, 0.05) is 5.56 Å². The summed E-state index contributed by atoms with van der Waals surface area (Å²) in [6.07, 6.45) is 0. The number of hydrogen-bond donors (Lipinski definition) is 2. The van der Waals surface area contributed by atoms with Crippen LogP contribution in [-0.4, -0.2) is 22.2 Å². The van der Waals surface area contributed by atoms with Crippen LogP contribution in [0.3, 0.4) is 0 Å². The fourth-order valence-electron chi connectivity index (χ4n) is 2.88. The van der Waals surface area contributed by atoms with Gasteiger partial charge in [-0.3, -0.25) is 0 Å². The molecule has 3 aromatic carbocycles. The molecule has 0 radical (unpaired) electrons. The molecule has 114 valence electrons. The minimum Gasteiger partial charge on any atom is -0.478 e. The Morgan fingerprint density at radius 3 is 2.22 bits per heavy atom. The minimum atomic E-state index is -1.14. The molecule has 3 rings (SSSR count). The number of aryl methyl sites for hydroxylation is 1. The first-order chi connectivity index (χ1) is 11.0. The number of hydrogen-bond acceptors (Lipinski definition) is 2. The van der Waals surface area contributed by atoms with Crippen molar-refractivity contribution in [2.24, 2.45) is 0 Å². The van der Waals surface area contributed by atoms with Gasteiger partial charge in [0.25, 0.3) is 0 Å². The summed E-state index contributed by atoms with van der Waals surface area (Å²) in [6.45, 7) is 1.67. The van der Waals surface area contributed by atoms with E-state index in [0.29, 0.717) is 11.1 Å². The molecule has 4 nitrogen and oxygen atoms in total. The van der Waals surface area contributed by atoms with Crippen molar-refractivity contribution in [1.29, 1.82) is 0 Å². The Kier molecular flexibility index (Phi) is 3.58. The lowest BCUT2D eigenvalue weighted by Crippen LogP contribution is -2.09. The van der Waals surface area contributed by atoms with E-state index in [1.165, 1.54) is 12.1 Å². The molecule has 0 saturated heterocycles. The molecule has 4 heteroatoms. The molecule has 0 atom stereocenters. The highest BCUT2D eigenvalue weighted by atomic mass is 16.4. The first-order valence-electron chi connectivity index (χ1n) is 7.09. The Balaban J connectivity index is 2.49. The molecule has 0 fully saturated rings. The third kappa shape index (κ3) is 2.44. The van der Waals surface area contributed by atoms with Crippen LogP contribution in [0.25, 0.3) is 21.9 Å². The number of fused-ring (bicyclic) bond motifs is 1. The van der Waals surface area contributed by atoms with Crippen LogP contribution in [0.2, 0.25) is 0 Å². The second-order valence-electron chi connectivity index (χ2n) is 5.32. The van der Waals surface area contributed by atoms with Crippen LogP contribution in [-0.2, 0) is 0 Å². The average molecular weight is 306 g/mol.